The number of nitrogens with one attached hydrogen (secondary N) is 3. The monoisotopic (exact) mass is 411 g/mol. The molecule has 0 saturated carbocycles. The zero-order chi connectivity index (χ0) is 21.9. The van der Waals surface area contributed by atoms with Crippen LogP contribution in [0.15, 0.2) is 54.6 Å². The topological polar surface area (TPSA) is 65.0 Å². The van der Waals surface area contributed by atoms with Gasteiger partial charge in [-0.25, -0.2) is 4.39 Å². The van der Waals surface area contributed by atoms with Gasteiger partial charge in [-0.1, -0.05) is 57.5 Å². The van der Waals surface area contributed by atoms with Gasteiger partial charge >= 0.3 is 0 Å². The van der Waals surface area contributed by atoms with Gasteiger partial charge in [0.15, 0.2) is 0 Å². The van der Waals surface area contributed by atoms with Gasteiger partial charge in [0.25, 0.3) is 0 Å². The summed E-state index contributed by atoms with van der Waals surface area (Å²) in [4.78, 5) is 13.2. The number of anilines is 1. The summed E-state index contributed by atoms with van der Waals surface area (Å²) in [7, 11) is 0. The minimum Gasteiger partial charge on any atom is -0.381 e. The standard InChI is InChI=1S/C25H34FN3O/c1-4-9-22(29-21-11-6-5-7-12-21)23(25(30)28-17-8-10-18(2)3)24(27)19-13-15-20(26)16-14-19/h5-7,11-16,18,22-23,27,29H,4,8-10,17H2,1-3H3,(H,28,30). The Kier molecular flexibility index (Phi) is 9.52. The SMILES string of the molecule is CCCC(Nc1ccccc1)C(C(=N)c1ccc(F)cc1)C(=O)NCCCC(C)C. The van der Waals surface area contributed by atoms with Crippen molar-refractivity contribution in [1.82, 2.24) is 5.32 Å². The van der Waals surface area contributed by atoms with Crippen molar-refractivity contribution in [3.63, 3.8) is 0 Å². The fraction of sp³-hybridized carbons (Fsp3) is 0.440. The van der Waals surface area contributed by atoms with Crippen molar-refractivity contribution < 1.29 is 9.18 Å². The second-order valence-corrected chi connectivity index (χ2v) is 8.13. The molecule has 4 nitrogen and oxygen atoms in total. The molecule has 3 N–H and O–H groups in total. The van der Waals surface area contributed by atoms with Crippen molar-refractivity contribution in [3.05, 3.63) is 66.0 Å². The van der Waals surface area contributed by atoms with Crippen molar-refractivity contribution in [2.75, 3.05) is 11.9 Å². The minimum absolute atomic E-state index is 0.157. The molecule has 5 heteroatoms. The Morgan fingerprint density at radius 3 is 2.30 bits per heavy atom. The summed E-state index contributed by atoms with van der Waals surface area (Å²) >= 11 is 0. The molecule has 2 atom stereocenters. The number of carbonyl (C=O) groups excluding carboxylic acids is 1. The quantitative estimate of drug-likeness (QED) is 0.312. The van der Waals surface area contributed by atoms with Gasteiger partial charge in [0.2, 0.25) is 5.91 Å². The molecular weight excluding hydrogens is 377 g/mol. The van der Waals surface area contributed by atoms with Gasteiger partial charge < -0.3 is 16.0 Å². The average Bonchev–Trinajstić information content (AvgIpc) is 2.72. The molecule has 2 unspecified atom stereocenters. The highest BCUT2D eigenvalue weighted by atomic mass is 19.1. The van der Waals surface area contributed by atoms with E-state index in [1.807, 2.05) is 30.3 Å². The van der Waals surface area contributed by atoms with Gasteiger partial charge in [0.1, 0.15) is 11.7 Å². The smallest absolute Gasteiger partial charge is 0.231 e. The van der Waals surface area contributed by atoms with E-state index in [0.717, 1.165) is 31.4 Å². The molecule has 0 spiro atoms. The number of rotatable bonds is 12. The van der Waals surface area contributed by atoms with E-state index in [-0.39, 0.29) is 23.5 Å². The van der Waals surface area contributed by atoms with E-state index in [1.54, 1.807) is 12.1 Å². The lowest BCUT2D eigenvalue weighted by atomic mass is 9.86. The van der Waals surface area contributed by atoms with Crippen LogP contribution in [0, 0.1) is 23.1 Å². The lowest BCUT2D eigenvalue weighted by Crippen LogP contribution is -2.46. The summed E-state index contributed by atoms with van der Waals surface area (Å²) in [5, 5.41) is 15.3. The molecular formula is C25H34FN3O. The molecule has 0 aliphatic rings. The third kappa shape index (κ3) is 7.29. The van der Waals surface area contributed by atoms with Crippen molar-refractivity contribution in [3.8, 4) is 0 Å². The normalized spacial score (nSPS) is 13.0. The Morgan fingerprint density at radius 2 is 1.70 bits per heavy atom. The third-order valence-electron chi connectivity index (χ3n) is 5.13. The van der Waals surface area contributed by atoms with Crippen LogP contribution in [0.25, 0.3) is 0 Å². The molecule has 0 aliphatic heterocycles. The van der Waals surface area contributed by atoms with E-state index in [2.05, 4.69) is 31.4 Å². The molecule has 0 bridgehead atoms. The van der Waals surface area contributed by atoms with E-state index in [0.29, 0.717) is 18.0 Å². The fourth-order valence-electron chi connectivity index (χ4n) is 3.54. The number of benzene rings is 2. The van der Waals surface area contributed by atoms with Gasteiger partial charge in [-0.2, -0.15) is 0 Å². The Balaban J connectivity index is 2.25. The highest BCUT2D eigenvalue weighted by Gasteiger charge is 2.32. The Morgan fingerprint density at radius 1 is 1.03 bits per heavy atom. The molecule has 162 valence electrons. The molecule has 0 aliphatic carbocycles. The number of para-hydroxylation sites is 1. The van der Waals surface area contributed by atoms with Crippen molar-refractivity contribution in [1.29, 1.82) is 5.41 Å². The van der Waals surface area contributed by atoms with Crippen LogP contribution in [0.1, 0.15) is 52.0 Å². The van der Waals surface area contributed by atoms with Crippen LogP contribution in [0.3, 0.4) is 0 Å². The molecule has 0 aromatic heterocycles. The van der Waals surface area contributed by atoms with Crippen LogP contribution in [0.5, 0.6) is 0 Å². The maximum atomic E-state index is 13.4. The first-order valence-electron chi connectivity index (χ1n) is 10.9. The second kappa shape index (κ2) is 12.1. The van der Waals surface area contributed by atoms with E-state index in [4.69, 9.17) is 5.41 Å². The van der Waals surface area contributed by atoms with Gasteiger partial charge in [0.05, 0.1) is 5.71 Å². The van der Waals surface area contributed by atoms with E-state index in [9.17, 15) is 9.18 Å². The molecule has 2 aromatic rings. The lowest BCUT2D eigenvalue weighted by molar-refractivity contribution is -0.123. The number of hydrogen-bond donors (Lipinski definition) is 3. The van der Waals surface area contributed by atoms with Gasteiger partial charge in [-0.3, -0.25) is 4.79 Å². The molecule has 0 saturated heterocycles. The number of amides is 1. The van der Waals surface area contributed by atoms with Gasteiger partial charge in [-0.05, 0) is 55.0 Å². The first kappa shape index (κ1) is 23.6. The molecule has 1 amide bonds. The van der Waals surface area contributed by atoms with Gasteiger partial charge in [0, 0.05) is 18.3 Å². The Labute approximate surface area is 179 Å². The summed E-state index contributed by atoms with van der Waals surface area (Å²) in [6.45, 7) is 6.99. The zero-order valence-corrected chi connectivity index (χ0v) is 18.2. The highest BCUT2D eigenvalue weighted by Crippen LogP contribution is 2.22. The van der Waals surface area contributed by atoms with Crippen molar-refractivity contribution >= 4 is 17.3 Å². The van der Waals surface area contributed by atoms with Crippen LogP contribution < -0.4 is 10.6 Å². The zero-order valence-electron chi connectivity index (χ0n) is 18.2. The predicted octanol–water partition coefficient (Wildman–Crippen LogP) is 5.64. The molecule has 0 radical (unpaired) electrons. The predicted molar refractivity (Wildman–Crippen MR) is 123 cm³/mol. The Hall–Kier alpha value is -2.69. The Bertz CT molecular complexity index is 790. The first-order chi connectivity index (χ1) is 14.4. The van der Waals surface area contributed by atoms with Crippen LogP contribution >= 0.6 is 0 Å². The molecule has 2 aromatic carbocycles. The summed E-state index contributed by atoms with van der Waals surface area (Å²) in [5.41, 5.74) is 1.69. The maximum Gasteiger partial charge on any atom is 0.231 e. The summed E-state index contributed by atoms with van der Waals surface area (Å²) in [6.07, 6.45) is 3.56. The summed E-state index contributed by atoms with van der Waals surface area (Å²) in [6, 6.07) is 15.3. The first-order valence-corrected chi connectivity index (χ1v) is 10.9. The molecule has 2 rings (SSSR count). The number of carbonyl (C=O) groups is 1. The number of halogens is 1. The van der Waals surface area contributed by atoms with Crippen molar-refractivity contribution in [2.24, 2.45) is 11.8 Å². The number of hydrogen-bond acceptors (Lipinski definition) is 3. The molecule has 30 heavy (non-hydrogen) atoms. The maximum absolute atomic E-state index is 13.4. The van der Waals surface area contributed by atoms with E-state index >= 15 is 0 Å². The molecule has 0 heterocycles. The van der Waals surface area contributed by atoms with Gasteiger partial charge in [-0.15, -0.1) is 0 Å². The van der Waals surface area contributed by atoms with E-state index in [1.165, 1.54) is 12.1 Å². The van der Waals surface area contributed by atoms with Crippen LogP contribution in [0.4, 0.5) is 10.1 Å². The van der Waals surface area contributed by atoms with Crippen LogP contribution in [-0.4, -0.2) is 24.2 Å². The summed E-state index contributed by atoms with van der Waals surface area (Å²) in [5.74, 6) is -0.596. The fourth-order valence-corrected chi connectivity index (χ4v) is 3.54. The largest absolute Gasteiger partial charge is 0.381 e. The average molecular weight is 412 g/mol. The van der Waals surface area contributed by atoms with Crippen LogP contribution in [0.2, 0.25) is 0 Å². The van der Waals surface area contributed by atoms with Crippen LogP contribution in [-0.2, 0) is 4.79 Å². The third-order valence-corrected chi connectivity index (χ3v) is 5.13. The highest BCUT2D eigenvalue weighted by molar-refractivity contribution is 6.12. The van der Waals surface area contributed by atoms with Crippen molar-refractivity contribution in [2.45, 2.75) is 52.5 Å². The summed E-state index contributed by atoms with van der Waals surface area (Å²) < 4.78 is 13.4. The second-order valence-electron chi connectivity index (χ2n) is 8.13. The lowest BCUT2D eigenvalue weighted by Gasteiger charge is -2.29. The minimum atomic E-state index is -0.672. The molecule has 0 fully saturated rings. The van der Waals surface area contributed by atoms with E-state index < -0.39 is 5.92 Å².